The minimum Gasteiger partial charge on any atom is -0.464 e. The van der Waals surface area contributed by atoms with Crippen LogP contribution in [0.4, 0.5) is 0 Å². The number of hydrogen-bond acceptors (Lipinski definition) is 4. The van der Waals surface area contributed by atoms with Crippen LogP contribution in [0.25, 0.3) is 0 Å². The third kappa shape index (κ3) is 4.85. The van der Waals surface area contributed by atoms with Crippen LogP contribution in [0.5, 0.6) is 5.75 Å². The molecule has 0 atom stereocenters. The van der Waals surface area contributed by atoms with E-state index in [1.54, 1.807) is 30.3 Å². The first kappa shape index (κ1) is 18.5. The van der Waals surface area contributed by atoms with Gasteiger partial charge < -0.3 is 14.8 Å². The number of carbonyl (C=O) groups is 2. The van der Waals surface area contributed by atoms with E-state index in [4.69, 9.17) is 9.47 Å². The van der Waals surface area contributed by atoms with E-state index >= 15 is 0 Å². The SMILES string of the molecule is COC(=O)/C(=C/C1=C(Oc2ccccc2)CCC1)NC(=O)c1ccccc1. The Balaban J connectivity index is 1.85. The smallest absolute Gasteiger partial charge is 0.354 e. The highest BCUT2D eigenvalue weighted by molar-refractivity contribution is 6.01. The monoisotopic (exact) mass is 363 g/mol. The first-order chi connectivity index (χ1) is 13.2. The summed E-state index contributed by atoms with van der Waals surface area (Å²) in [6.45, 7) is 0. The summed E-state index contributed by atoms with van der Waals surface area (Å²) in [5, 5.41) is 2.65. The summed E-state index contributed by atoms with van der Waals surface area (Å²) in [7, 11) is 1.29. The van der Waals surface area contributed by atoms with Crippen LogP contribution in [-0.4, -0.2) is 19.0 Å². The molecule has 0 aliphatic heterocycles. The zero-order valence-corrected chi connectivity index (χ0v) is 15.1. The summed E-state index contributed by atoms with van der Waals surface area (Å²) in [4.78, 5) is 24.6. The number of benzene rings is 2. The number of nitrogens with one attached hydrogen (secondary N) is 1. The van der Waals surface area contributed by atoms with Crippen LogP contribution in [0.3, 0.4) is 0 Å². The van der Waals surface area contributed by atoms with Crippen molar-refractivity contribution in [2.75, 3.05) is 7.11 Å². The topological polar surface area (TPSA) is 64.6 Å². The Morgan fingerprint density at radius 2 is 1.63 bits per heavy atom. The van der Waals surface area contributed by atoms with Gasteiger partial charge in [0.05, 0.1) is 7.11 Å². The Kier molecular flexibility index (Phi) is 6.05. The minimum absolute atomic E-state index is 0.0948. The first-order valence-electron chi connectivity index (χ1n) is 8.78. The summed E-state index contributed by atoms with van der Waals surface area (Å²) in [6, 6.07) is 18.2. The van der Waals surface area contributed by atoms with Crippen molar-refractivity contribution in [1.29, 1.82) is 0 Å². The number of methoxy groups -OCH3 is 1. The second kappa shape index (κ2) is 8.85. The molecule has 0 unspecified atom stereocenters. The van der Waals surface area contributed by atoms with E-state index in [2.05, 4.69) is 5.32 Å². The highest BCUT2D eigenvalue weighted by Crippen LogP contribution is 2.30. The van der Waals surface area contributed by atoms with Gasteiger partial charge in [-0.1, -0.05) is 36.4 Å². The van der Waals surface area contributed by atoms with E-state index in [0.717, 1.165) is 36.3 Å². The second-order valence-electron chi connectivity index (χ2n) is 6.09. The van der Waals surface area contributed by atoms with Crippen LogP contribution < -0.4 is 10.1 Å². The Morgan fingerprint density at radius 3 is 2.30 bits per heavy atom. The fourth-order valence-corrected chi connectivity index (χ4v) is 2.85. The van der Waals surface area contributed by atoms with Crippen molar-refractivity contribution >= 4 is 11.9 Å². The van der Waals surface area contributed by atoms with Gasteiger partial charge in [-0.05, 0) is 48.8 Å². The van der Waals surface area contributed by atoms with Gasteiger partial charge >= 0.3 is 5.97 Å². The Hall–Kier alpha value is -3.34. The molecular formula is C22H21NO4. The summed E-state index contributed by atoms with van der Waals surface area (Å²) in [5.74, 6) is 0.582. The number of para-hydroxylation sites is 1. The van der Waals surface area contributed by atoms with Gasteiger partial charge in [-0.3, -0.25) is 4.79 Å². The molecule has 0 heterocycles. The van der Waals surface area contributed by atoms with E-state index in [9.17, 15) is 9.59 Å². The number of hydrogen-bond donors (Lipinski definition) is 1. The van der Waals surface area contributed by atoms with Gasteiger partial charge in [0.25, 0.3) is 5.91 Å². The summed E-state index contributed by atoms with van der Waals surface area (Å²) >= 11 is 0. The molecule has 1 amide bonds. The van der Waals surface area contributed by atoms with Crippen LogP contribution in [-0.2, 0) is 9.53 Å². The summed E-state index contributed by atoms with van der Waals surface area (Å²) in [6.07, 6.45) is 4.12. The summed E-state index contributed by atoms with van der Waals surface area (Å²) < 4.78 is 10.8. The first-order valence-corrected chi connectivity index (χ1v) is 8.78. The largest absolute Gasteiger partial charge is 0.464 e. The lowest BCUT2D eigenvalue weighted by Gasteiger charge is -2.11. The molecule has 1 aliphatic carbocycles. The molecule has 0 spiro atoms. The van der Waals surface area contributed by atoms with Crippen molar-refractivity contribution in [1.82, 2.24) is 5.32 Å². The molecule has 0 radical (unpaired) electrons. The minimum atomic E-state index is -0.599. The zero-order chi connectivity index (χ0) is 19.1. The van der Waals surface area contributed by atoms with Crippen LogP contribution >= 0.6 is 0 Å². The third-order valence-corrected chi connectivity index (χ3v) is 4.20. The average molecular weight is 363 g/mol. The van der Waals surface area contributed by atoms with Gasteiger partial charge in [-0.2, -0.15) is 0 Å². The molecule has 0 fully saturated rings. The van der Waals surface area contributed by atoms with Gasteiger partial charge in [0, 0.05) is 12.0 Å². The molecule has 2 aromatic carbocycles. The molecule has 27 heavy (non-hydrogen) atoms. The molecule has 1 aliphatic rings. The molecule has 5 nitrogen and oxygen atoms in total. The van der Waals surface area contributed by atoms with E-state index in [0.29, 0.717) is 5.56 Å². The molecular weight excluding hydrogens is 342 g/mol. The van der Waals surface area contributed by atoms with Gasteiger partial charge in [-0.25, -0.2) is 4.79 Å². The fourth-order valence-electron chi connectivity index (χ4n) is 2.85. The molecule has 5 heteroatoms. The molecule has 3 rings (SSSR count). The molecule has 0 saturated heterocycles. The van der Waals surface area contributed by atoms with Gasteiger partial charge in [0.15, 0.2) is 0 Å². The molecule has 138 valence electrons. The molecule has 2 aromatic rings. The maximum absolute atomic E-state index is 12.4. The molecule has 0 aromatic heterocycles. The summed E-state index contributed by atoms with van der Waals surface area (Å²) in [5.41, 5.74) is 1.44. The maximum atomic E-state index is 12.4. The standard InChI is InChI=1S/C22H21NO4/c1-26-22(25)19(23-21(24)16-9-4-2-5-10-16)15-17-11-8-14-20(17)27-18-12-6-3-7-13-18/h2-7,9-10,12-13,15H,8,11,14H2,1H3,(H,23,24)/b19-15-. The Labute approximate surface area is 158 Å². The Bertz CT molecular complexity index is 870. The number of esters is 1. The lowest BCUT2D eigenvalue weighted by Crippen LogP contribution is -2.28. The van der Waals surface area contributed by atoms with Crippen LogP contribution in [0, 0.1) is 0 Å². The highest BCUT2D eigenvalue weighted by atomic mass is 16.5. The van der Waals surface area contributed by atoms with E-state index in [1.807, 2.05) is 36.4 Å². The second-order valence-corrected chi connectivity index (χ2v) is 6.09. The van der Waals surface area contributed by atoms with Gasteiger partial charge in [-0.15, -0.1) is 0 Å². The van der Waals surface area contributed by atoms with E-state index in [-0.39, 0.29) is 11.6 Å². The number of ether oxygens (including phenoxy) is 2. The van der Waals surface area contributed by atoms with E-state index < -0.39 is 5.97 Å². The number of rotatable bonds is 6. The maximum Gasteiger partial charge on any atom is 0.354 e. The van der Waals surface area contributed by atoms with Crippen molar-refractivity contribution in [2.45, 2.75) is 19.3 Å². The third-order valence-electron chi connectivity index (χ3n) is 4.20. The van der Waals surface area contributed by atoms with Gasteiger partial charge in [0.2, 0.25) is 0 Å². The number of amides is 1. The predicted octanol–water partition coefficient (Wildman–Crippen LogP) is 3.99. The molecule has 0 bridgehead atoms. The van der Waals surface area contributed by atoms with Crippen molar-refractivity contribution < 1.29 is 19.1 Å². The van der Waals surface area contributed by atoms with Gasteiger partial charge in [0.1, 0.15) is 17.2 Å². The normalized spacial score (nSPS) is 14.0. The van der Waals surface area contributed by atoms with Crippen LogP contribution in [0.15, 0.2) is 83.8 Å². The number of carbonyl (C=O) groups excluding carboxylic acids is 2. The molecule has 1 N–H and O–H groups in total. The lowest BCUT2D eigenvalue weighted by molar-refractivity contribution is -0.136. The Morgan fingerprint density at radius 1 is 0.963 bits per heavy atom. The van der Waals surface area contributed by atoms with Crippen molar-refractivity contribution in [3.63, 3.8) is 0 Å². The number of allylic oxidation sites excluding steroid dienone is 3. The van der Waals surface area contributed by atoms with Crippen LogP contribution in [0.2, 0.25) is 0 Å². The van der Waals surface area contributed by atoms with Crippen molar-refractivity contribution in [3.8, 4) is 5.75 Å². The highest BCUT2D eigenvalue weighted by Gasteiger charge is 2.20. The fraction of sp³-hybridized carbons (Fsp3) is 0.182. The van der Waals surface area contributed by atoms with E-state index in [1.165, 1.54) is 7.11 Å². The van der Waals surface area contributed by atoms with Crippen molar-refractivity contribution in [2.24, 2.45) is 0 Å². The average Bonchev–Trinajstić information content (AvgIpc) is 3.14. The zero-order valence-electron chi connectivity index (χ0n) is 15.1. The lowest BCUT2D eigenvalue weighted by atomic mass is 10.1. The predicted molar refractivity (Wildman–Crippen MR) is 102 cm³/mol. The van der Waals surface area contributed by atoms with Crippen LogP contribution in [0.1, 0.15) is 29.6 Å². The quantitative estimate of drug-likeness (QED) is 0.623. The molecule has 0 saturated carbocycles. The van der Waals surface area contributed by atoms with Crippen molar-refractivity contribution in [3.05, 3.63) is 89.3 Å².